The van der Waals surface area contributed by atoms with Gasteiger partial charge in [-0.3, -0.25) is 13.9 Å². The zero-order valence-corrected chi connectivity index (χ0v) is 30.3. The number of aryl methyl sites for hydroxylation is 1. The van der Waals surface area contributed by atoms with Crippen LogP contribution in [-0.4, -0.2) is 58.0 Å². The third-order valence-electron chi connectivity index (χ3n) is 8.06. The lowest BCUT2D eigenvalue weighted by Gasteiger charge is -2.34. The number of methoxy groups -OCH3 is 2. The number of sulfonamides is 1. The van der Waals surface area contributed by atoms with E-state index in [9.17, 15) is 18.0 Å². The van der Waals surface area contributed by atoms with Crippen LogP contribution in [0.2, 0.25) is 0 Å². The molecule has 0 saturated carbocycles. The number of ether oxygens (including phenoxy) is 2. The second-order valence-electron chi connectivity index (χ2n) is 11.5. The molecule has 4 aromatic carbocycles. The van der Waals surface area contributed by atoms with Gasteiger partial charge in [-0.15, -0.1) is 0 Å². The third-order valence-corrected chi connectivity index (χ3v) is 10.3. The maximum absolute atomic E-state index is 14.7. The smallest absolute Gasteiger partial charge is 0.264 e. The van der Waals surface area contributed by atoms with E-state index in [2.05, 4.69) is 21.2 Å². The monoisotopic (exact) mass is 735 g/mol. The summed E-state index contributed by atoms with van der Waals surface area (Å²) < 4.78 is 41.4. The molecule has 0 bridgehead atoms. The Morgan fingerprint density at radius 2 is 1.52 bits per heavy atom. The van der Waals surface area contributed by atoms with Crippen LogP contribution >= 0.6 is 15.9 Å². The molecule has 9 nitrogen and oxygen atoms in total. The van der Waals surface area contributed by atoms with Gasteiger partial charge in [0.25, 0.3) is 10.0 Å². The van der Waals surface area contributed by atoms with Gasteiger partial charge in [-0.05, 0) is 67.8 Å². The number of halogens is 1. The Bertz CT molecular complexity index is 1800. The van der Waals surface area contributed by atoms with Gasteiger partial charge in [0.15, 0.2) is 11.5 Å². The van der Waals surface area contributed by atoms with Crippen molar-refractivity contribution in [2.24, 2.45) is 0 Å². The van der Waals surface area contributed by atoms with Crippen LogP contribution in [0, 0.1) is 6.92 Å². The van der Waals surface area contributed by atoms with Crippen LogP contribution in [0.15, 0.2) is 106 Å². The number of amides is 2. The Morgan fingerprint density at radius 3 is 2.15 bits per heavy atom. The molecular weight excluding hydrogens is 694 g/mol. The maximum atomic E-state index is 14.7. The number of hydrogen-bond donors (Lipinski definition) is 1. The Kier molecular flexibility index (Phi) is 12.7. The molecule has 2 unspecified atom stereocenters. The quantitative estimate of drug-likeness (QED) is 0.149. The van der Waals surface area contributed by atoms with E-state index in [1.54, 1.807) is 24.3 Å². The minimum Gasteiger partial charge on any atom is -0.493 e. The van der Waals surface area contributed by atoms with Crippen LogP contribution in [0.25, 0.3) is 0 Å². The normalized spacial score (nSPS) is 12.5. The summed E-state index contributed by atoms with van der Waals surface area (Å²) in [6, 6.07) is 27.1. The van der Waals surface area contributed by atoms with Crippen molar-refractivity contribution in [2.45, 2.75) is 57.1 Å². The molecule has 11 heteroatoms. The van der Waals surface area contributed by atoms with Crippen molar-refractivity contribution in [2.75, 3.05) is 25.1 Å². The number of nitrogens with zero attached hydrogens (tertiary/aromatic N) is 2. The fourth-order valence-corrected chi connectivity index (χ4v) is 7.05. The molecule has 2 atom stereocenters. The summed E-state index contributed by atoms with van der Waals surface area (Å²) >= 11 is 3.51. The molecule has 0 aliphatic heterocycles. The maximum Gasteiger partial charge on any atom is 0.264 e. The van der Waals surface area contributed by atoms with E-state index < -0.39 is 28.5 Å². The molecular formula is C37H42BrN3O6S. The summed E-state index contributed by atoms with van der Waals surface area (Å²) in [6.45, 7) is 5.29. The summed E-state index contributed by atoms with van der Waals surface area (Å²) in [5.74, 6) is -0.263. The number of carbonyl (C=O) groups excluding carboxylic acids is 2. The molecule has 0 heterocycles. The second kappa shape index (κ2) is 16.7. The van der Waals surface area contributed by atoms with Gasteiger partial charge in [0, 0.05) is 29.5 Å². The van der Waals surface area contributed by atoms with Gasteiger partial charge in [0.05, 0.1) is 24.8 Å². The lowest BCUT2D eigenvalue weighted by molar-refractivity contribution is -0.140. The van der Waals surface area contributed by atoms with Crippen LogP contribution in [0.1, 0.15) is 37.0 Å². The van der Waals surface area contributed by atoms with Crippen LogP contribution in [0.5, 0.6) is 11.5 Å². The van der Waals surface area contributed by atoms with E-state index in [1.807, 2.05) is 75.4 Å². The number of anilines is 1. The minimum absolute atomic E-state index is 0.0713. The molecule has 0 aliphatic rings. The number of rotatable bonds is 15. The van der Waals surface area contributed by atoms with E-state index in [1.165, 1.54) is 37.3 Å². The number of carbonyl (C=O) groups is 2. The van der Waals surface area contributed by atoms with Crippen molar-refractivity contribution >= 4 is 43.5 Å². The van der Waals surface area contributed by atoms with E-state index in [0.29, 0.717) is 17.9 Å². The van der Waals surface area contributed by atoms with Crippen LogP contribution < -0.4 is 19.1 Å². The Hall–Kier alpha value is -4.35. The zero-order chi connectivity index (χ0) is 34.8. The summed E-state index contributed by atoms with van der Waals surface area (Å²) in [5.41, 5.74) is 2.86. The minimum atomic E-state index is -4.32. The highest BCUT2D eigenvalue weighted by Gasteiger charge is 2.35. The third kappa shape index (κ3) is 9.17. The first-order chi connectivity index (χ1) is 23.0. The van der Waals surface area contributed by atoms with E-state index in [4.69, 9.17) is 9.47 Å². The summed E-state index contributed by atoms with van der Waals surface area (Å²) in [4.78, 5) is 30.1. The molecule has 1 N–H and O–H groups in total. The fraction of sp³-hybridized carbons (Fsp3) is 0.297. The molecule has 0 spiro atoms. The van der Waals surface area contributed by atoms with Crippen molar-refractivity contribution in [3.8, 4) is 11.5 Å². The van der Waals surface area contributed by atoms with Crippen molar-refractivity contribution in [1.82, 2.24) is 10.2 Å². The van der Waals surface area contributed by atoms with E-state index >= 15 is 0 Å². The lowest BCUT2D eigenvalue weighted by Crippen LogP contribution is -2.54. The molecule has 0 fully saturated rings. The molecule has 48 heavy (non-hydrogen) atoms. The molecule has 0 radical (unpaired) electrons. The second-order valence-corrected chi connectivity index (χ2v) is 14.3. The van der Waals surface area contributed by atoms with Crippen LogP contribution in [0.4, 0.5) is 5.69 Å². The van der Waals surface area contributed by atoms with Gasteiger partial charge in [-0.25, -0.2) is 8.42 Å². The number of nitrogens with one attached hydrogen (secondary N) is 1. The standard InChI is InChI=1S/C37H42BrN3O6S/c1-6-27(3)39-37(43)33(22-28-11-8-7-9-12-28)40(24-29-13-10-14-30(38)21-29)36(42)25-41(31-17-15-26(2)16-18-31)48(44,45)32-19-20-34(46-4)35(23-32)47-5/h7-21,23,27,33H,6,22,24-25H2,1-5H3,(H,39,43). The lowest BCUT2D eigenvalue weighted by atomic mass is 10.0. The molecule has 0 aromatic heterocycles. The van der Waals surface area contributed by atoms with Crippen molar-refractivity contribution < 1.29 is 27.5 Å². The summed E-state index contributed by atoms with van der Waals surface area (Å²) in [6.07, 6.45) is 0.934. The summed E-state index contributed by atoms with van der Waals surface area (Å²) in [7, 11) is -1.43. The zero-order valence-electron chi connectivity index (χ0n) is 27.9. The van der Waals surface area contributed by atoms with Gasteiger partial charge >= 0.3 is 0 Å². The molecule has 0 saturated heterocycles. The average molecular weight is 737 g/mol. The van der Waals surface area contributed by atoms with Gasteiger partial charge < -0.3 is 19.7 Å². The predicted octanol–water partition coefficient (Wildman–Crippen LogP) is 6.52. The van der Waals surface area contributed by atoms with Crippen molar-refractivity contribution in [3.05, 3.63) is 118 Å². The molecule has 4 rings (SSSR count). The average Bonchev–Trinajstić information content (AvgIpc) is 3.09. The number of hydrogen-bond acceptors (Lipinski definition) is 6. The number of benzene rings is 4. The van der Waals surface area contributed by atoms with Crippen LogP contribution in [0.3, 0.4) is 0 Å². The van der Waals surface area contributed by atoms with Crippen LogP contribution in [-0.2, 0) is 32.6 Å². The highest BCUT2D eigenvalue weighted by Crippen LogP contribution is 2.32. The topological polar surface area (TPSA) is 105 Å². The molecule has 4 aromatic rings. The first-order valence-electron chi connectivity index (χ1n) is 15.7. The largest absolute Gasteiger partial charge is 0.493 e. The van der Waals surface area contributed by atoms with Crippen molar-refractivity contribution in [1.29, 1.82) is 0 Å². The molecule has 254 valence electrons. The molecule has 2 amide bonds. The fourth-order valence-electron chi connectivity index (χ4n) is 5.17. The predicted molar refractivity (Wildman–Crippen MR) is 192 cm³/mol. The molecule has 0 aliphatic carbocycles. The first kappa shape index (κ1) is 36.5. The first-order valence-corrected chi connectivity index (χ1v) is 17.9. The van der Waals surface area contributed by atoms with E-state index in [0.717, 1.165) is 25.5 Å². The Balaban J connectivity index is 1.83. The SMILES string of the molecule is CCC(C)NC(=O)C(Cc1ccccc1)N(Cc1cccc(Br)c1)C(=O)CN(c1ccc(C)cc1)S(=O)(=O)c1ccc(OC)c(OC)c1. The Labute approximate surface area is 292 Å². The summed E-state index contributed by atoms with van der Waals surface area (Å²) in [5, 5.41) is 3.05. The van der Waals surface area contributed by atoms with Gasteiger partial charge in [-0.2, -0.15) is 0 Å². The van der Waals surface area contributed by atoms with Gasteiger partial charge in [0.2, 0.25) is 11.8 Å². The highest BCUT2D eigenvalue weighted by atomic mass is 79.9. The highest BCUT2D eigenvalue weighted by molar-refractivity contribution is 9.10. The van der Waals surface area contributed by atoms with Gasteiger partial charge in [-0.1, -0.05) is 83.0 Å². The van der Waals surface area contributed by atoms with Gasteiger partial charge in [0.1, 0.15) is 12.6 Å². The van der Waals surface area contributed by atoms with E-state index in [-0.39, 0.29) is 35.6 Å². The van der Waals surface area contributed by atoms with Crippen molar-refractivity contribution in [3.63, 3.8) is 0 Å². The Morgan fingerprint density at radius 1 is 0.854 bits per heavy atom.